The van der Waals surface area contributed by atoms with Gasteiger partial charge in [-0.1, -0.05) is 35.9 Å². The number of benzene rings is 2. The van der Waals surface area contributed by atoms with E-state index >= 15 is 0 Å². The lowest BCUT2D eigenvalue weighted by molar-refractivity contribution is -0.133. The first kappa shape index (κ1) is 17.8. The molecule has 25 heavy (non-hydrogen) atoms. The second-order valence-electron chi connectivity index (χ2n) is 6.42. The maximum atomic E-state index is 12.7. The molecule has 5 heteroatoms. The molecule has 1 heterocycles. The molecule has 0 radical (unpaired) electrons. The molecule has 4 nitrogen and oxygen atoms in total. The summed E-state index contributed by atoms with van der Waals surface area (Å²) in [6.07, 6.45) is 0.408. The van der Waals surface area contributed by atoms with E-state index in [2.05, 4.69) is 18.0 Å². The van der Waals surface area contributed by atoms with Crippen LogP contribution in [0, 0.1) is 0 Å². The molecule has 3 rings (SSSR count). The van der Waals surface area contributed by atoms with E-state index in [9.17, 15) is 4.79 Å². The molecule has 0 spiro atoms. The highest BCUT2D eigenvalue weighted by Crippen LogP contribution is 2.27. The minimum Gasteiger partial charge on any atom is -0.497 e. The molecule has 1 aliphatic heterocycles. The van der Waals surface area contributed by atoms with E-state index in [4.69, 9.17) is 16.3 Å². The predicted octanol–water partition coefficient (Wildman–Crippen LogP) is 3.41. The SMILES string of the molecule is COc1cccc(C2CN(C(=O)Cc3ccc(Cl)cc3)CCN2C)c1. The van der Waals surface area contributed by atoms with Gasteiger partial charge in [0.05, 0.1) is 19.6 Å². The first-order valence-corrected chi connectivity index (χ1v) is 8.81. The molecule has 2 aromatic carbocycles. The van der Waals surface area contributed by atoms with Crippen LogP contribution < -0.4 is 4.74 Å². The lowest BCUT2D eigenvalue weighted by Crippen LogP contribution is -2.49. The van der Waals surface area contributed by atoms with Crippen molar-refractivity contribution in [2.45, 2.75) is 12.5 Å². The third kappa shape index (κ3) is 4.33. The van der Waals surface area contributed by atoms with Crippen LogP contribution >= 0.6 is 11.6 Å². The summed E-state index contributed by atoms with van der Waals surface area (Å²) in [6, 6.07) is 15.7. The largest absolute Gasteiger partial charge is 0.497 e. The van der Waals surface area contributed by atoms with Crippen molar-refractivity contribution in [3.8, 4) is 5.75 Å². The number of hydrogen-bond donors (Lipinski definition) is 0. The van der Waals surface area contributed by atoms with Crippen molar-refractivity contribution in [3.63, 3.8) is 0 Å². The van der Waals surface area contributed by atoms with E-state index in [0.29, 0.717) is 18.0 Å². The van der Waals surface area contributed by atoms with Gasteiger partial charge in [-0.15, -0.1) is 0 Å². The Bertz CT molecular complexity index is 733. The number of halogens is 1. The summed E-state index contributed by atoms with van der Waals surface area (Å²) in [5.74, 6) is 0.999. The Morgan fingerprint density at radius 1 is 1.20 bits per heavy atom. The van der Waals surface area contributed by atoms with Crippen LogP contribution in [-0.4, -0.2) is 49.5 Å². The highest BCUT2D eigenvalue weighted by Gasteiger charge is 2.28. The number of rotatable bonds is 4. The summed E-state index contributed by atoms with van der Waals surface area (Å²) in [6.45, 7) is 2.30. The molecule has 1 aliphatic rings. The molecule has 1 atom stereocenters. The van der Waals surface area contributed by atoms with Crippen LogP contribution in [0.15, 0.2) is 48.5 Å². The molecule has 0 bridgehead atoms. The van der Waals surface area contributed by atoms with Crippen molar-refractivity contribution in [1.82, 2.24) is 9.80 Å². The first-order valence-electron chi connectivity index (χ1n) is 8.43. The Kier molecular flexibility index (Phi) is 5.61. The Labute approximate surface area is 154 Å². The lowest BCUT2D eigenvalue weighted by Gasteiger charge is -2.40. The van der Waals surface area contributed by atoms with Gasteiger partial charge in [-0.3, -0.25) is 9.69 Å². The van der Waals surface area contributed by atoms with Crippen LogP contribution in [-0.2, 0) is 11.2 Å². The smallest absolute Gasteiger partial charge is 0.227 e. The summed E-state index contributed by atoms with van der Waals surface area (Å²) >= 11 is 5.91. The molecule has 132 valence electrons. The van der Waals surface area contributed by atoms with Crippen LogP contribution in [0.1, 0.15) is 17.2 Å². The van der Waals surface area contributed by atoms with Crippen molar-refractivity contribution < 1.29 is 9.53 Å². The minimum absolute atomic E-state index is 0.156. The standard InChI is InChI=1S/C20H23ClN2O2/c1-22-10-11-23(20(24)12-15-6-8-17(21)9-7-15)14-19(22)16-4-3-5-18(13-16)25-2/h3-9,13,19H,10-12,14H2,1-2H3. The van der Waals surface area contributed by atoms with Gasteiger partial charge in [0.25, 0.3) is 0 Å². The van der Waals surface area contributed by atoms with Gasteiger partial charge in [-0.05, 0) is 42.4 Å². The number of ether oxygens (including phenoxy) is 1. The zero-order chi connectivity index (χ0) is 17.8. The molecule has 1 fully saturated rings. The topological polar surface area (TPSA) is 32.8 Å². The summed E-state index contributed by atoms with van der Waals surface area (Å²) < 4.78 is 5.33. The molecule has 0 aliphatic carbocycles. The average molecular weight is 359 g/mol. The van der Waals surface area contributed by atoms with Crippen LogP contribution in [0.4, 0.5) is 0 Å². The number of hydrogen-bond acceptors (Lipinski definition) is 3. The molecule has 0 N–H and O–H groups in total. The third-order valence-electron chi connectivity index (χ3n) is 4.75. The summed E-state index contributed by atoms with van der Waals surface area (Å²) in [5, 5.41) is 0.689. The van der Waals surface area contributed by atoms with Crippen molar-refractivity contribution >= 4 is 17.5 Å². The van der Waals surface area contributed by atoms with E-state index in [0.717, 1.165) is 24.4 Å². The average Bonchev–Trinajstić information content (AvgIpc) is 2.64. The fourth-order valence-corrected chi connectivity index (χ4v) is 3.32. The highest BCUT2D eigenvalue weighted by molar-refractivity contribution is 6.30. The second-order valence-corrected chi connectivity index (χ2v) is 6.85. The van der Waals surface area contributed by atoms with Crippen molar-refractivity contribution in [2.75, 3.05) is 33.8 Å². The number of methoxy groups -OCH3 is 1. The molecule has 0 saturated carbocycles. The molecule has 2 aromatic rings. The van der Waals surface area contributed by atoms with E-state index in [-0.39, 0.29) is 11.9 Å². The van der Waals surface area contributed by atoms with Gasteiger partial charge in [0.2, 0.25) is 5.91 Å². The highest BCUT2D eigenvalue weighted by atomic mass is 35.5. The number of likely N-dealkylation sites (N-methyl/N-ethyl adjacent to an activating group) is 1. The van der Waals surface area contributed by atoms with Crippen molar-refractivity contribution in [1.29, 1.82) is 0 Å². The van der Waals surface area contributed by atoms with E-state index in [1.807, 2.05) is 47.4 Å². The van der Waals surface area contributed by atoms with Gasteiger partial charge in [0.15, 0.2) is 0 Å². The fourth-order valence-electron chi connectivity index (χ4n) is 3.20. The van der Waals surface area contributed by atoms with Gasteiger partial charge in [-0.2, -0.15) is 0 Å². The predicted molar refractivity (Wildman–Crippen MR) is 100 cm³/mol. The maximum absolute atomic E-state index is 12.7. The Morgan fingerprint density at radius 3 is 2.68 bits per heavy atom. The number of amides is 1. The number of piperazine rings is 1. The quantitative estimate of drug-likeness (QED) is 0.839. The molecule has 1 amide bonds. The minimum atomic E-state index is 0.156. The van der Waals surface area contributed by atoms with Gasteiger partial charge in [0, 0.05) is 24.7 Å². The maximum Gasteiger partial charge on any atom is 0.227 e. The van der Waals surface area contributed by atoms with Crippen molar-refractivity contribution in [3.05, 3.63) is 64.7 Å². The van der Waals surface area contributed by atoms with Gasteiger partial charge >= 0.3 is 0 Å². The zero-order valence-electron chi connectivity index (χ0n) is 14.6. The molecule has 1 unspecified atom stereocenters. The van der Waals surface area contributed by atoms with E-state index < -0.39 is 0 Å². The van der Waals surface area contributed by atoms with Crippen LogP contribution in [0.5, 0.6) is 5.75 Å². The third-order valence-corrected chi connectivity index (χ3v) is 5.00. The van der Waals surface area contributed by atoms with Crippen LogP contribution in [0.3, 0.4) is 0 Å². The number of carbonyl (C=O) groups excluding carboxylic acids is 1. The monoisotopic (exact) mass is 358 g/mol. The summed E-state index contributed by atoms with van der Waals surface area (Å²) in [7, 11) is 3.77. The van der Waals surface area contributed by atoms with Crippen molar-refractivity contribution in [2.24, 2.45) is 0 Å². The lowest BCUT2D eigenvalue weighted by atomic mass is 10.0. The molecular formula is C20H23ClN2O2. The first-order chi connectivity index (χ1) is 12.1. The Morgan fingerprint density at radius 2 is 1.96 bits per heavy atom. The van der Waals surface area contributed by atoms with Gasteiger partial charge < -0.3 is 9.64 Å². The van der Waals surface area contributed by atoms with Gasteiger partial charge in [-0.25, -0.2) is 0 Å². The van der Waals surface area contributed by atoms with Crippen LogP contribution in [0.25, 0.3) is 0 Å². The fraction of sp³-hybridized carbons (Fsp3) is 0.350. The normalized spacial score (nSPS) is 18.2. The van der Waals surface area contributed by atoms with Gasteiger partial charge in [0.1, 0.15) is 5.75 Å². The Balaban J connectivity index is 1.70. The molecule has 1 saturated heterocycles. The molecule has 0 aromatic heterocycles. The molecular weight excluding hydrogens is 336 g/mol. The van der Waals surface area contributed by atoms with Crippen LogP contribution in [0.2, 0.25) is 5.02 Å². The number of carbonyl (C=O) groups is 1. The van der Waals surface area contributed by atoms with E-state index in [1.165, 1.54) is 5.56 Å². The Hall–Kier alpha value is -2.04. The summed E-state index contributed by atoms with van der Waals surface area (Å²) in [5.41, 5.74) is 2.16. The summed E-state index contributed by atoms with van der Waals surface area (Å²) in [4.78, 5) is 17.0. The van der Waals surface area contributed by atoms with E-state index in [1.54, 1.807) is 7.11 Å². The number of nitrogens with zero attached hydrogens (tertiary/aromatic N) is 2. The zero-order valence-corrected chi connectivity index (χ0v) is 15.4. The second kappa shape index (κ2) is 7.89.